The van der Waals surface area contributed by atoms with E-state index in [4.69, 9.17) is 11.0 Å². The molecule has 15 heavy (non-hydrogen) atoms. The van der Waals surface area contributed by atoms with Crippen molar-refractivity contribution in [1.82, 2.24) is 0 Å². The second kappa shape index (κ2) is 4.33. The van der Waals surface area contributed by atoms with Crippen molar-refractivity contribution in [2.45, 2.75) is 18.9 Å². The van der Waals surface area contributed by atoms with E-state index < -0.39 is 0 Å². The maximum Gasteiger partial charge on any atom is 0.101 e. The van der Waals surface area contributed by atoms with Gasteiger partial charge in [-0.2, -0.15) is 5.26 Å². The van der Waals surface area contributed by atoms with Crippen LogP contribution in [-0.2, 0) is 0 Å². The van der Waals surface area contributed by atoms with Crippen molar-refractivity contribution >= 4 is 5.69 Å². The second-order valence-electron chi connectivity index (χ2n) is 4.04. The lowest BCUT2D eigenvalue weighted by Crippen LogP contribution is -2.31. The summed E-state index contributed by atoms with van der Waals surface area (Å²) in [5.74, 6) is 0.687. The molecule has 1 aliphatic carbocycles. The number of para-hydroxylation sites is 1. The summed E-state index contributed by atoms with van der Waals surface area (Å²) in [6.45, 7) is 0.753. The molecule has 3 nitrogen and oxygen atoms in total. The second-order valence-corrected chi connectivity index (χ2v) is 4.04. The average molecular weight is 201 g/mol. The Morgan fingerprint density at radius 3 is 2.87 bits per heavy atom. The van der Waals surface area contributed by atoms with Gasteiger partial charge < -0.3 is 11.1 Å². The molecule has 0 radical (unpaired) electrons. The van der Waals surface area contributed by atoms with Crippen molar-refractivity contribution < 1.29 is 0 Å². The molecule has 1 aromatic carbocycles. The quantitative estimate of drug-likeness (QED) is 0.779. The molecule has 78 valence electrons. The SMILES string of the molecule is N#Cc1ccccc1NCC(N)C1CC1. The van der Waals surface area contributed by atoms with E-state index in [0.717, 1.165) is 12.2 Å². The molecule has 0 aromatic heterocycles. The van der Waals surface area contributed by atoms with Gasteiger partial charge in [0.15, 0.2) is 0 Å². The molecule has 0 spiro atoms. The predicted molar refractivity (Wildman–Crippen MR) is 60.3 cm³/mol. The third-order valence-electron chi connectivity index (χ3n) is 2.80. The summed E-state index contributed by atoms with van der Waals surface area (Å²) >= 11 is 0. The first-order valence-electron chi connectivity index (χ1n) is 5.30. The van der Waals surface area contributed by atoms with Crippen LogP contribution in [0.4, 0.5) is 5.69 Å². The number of rotatable bonds is 4. The Bertz CT molecular complexity index is 377. The van der Waals surface area contributed by atoms with Crippen LogP contribution in [0.3, 0.4) is 0 Å². The minimum Gasteiger partial charge on any atom is -0.382 e. The molecule has 1 atom stereocenters. The average Bonchev–Trinajstić information content (AvgIpc) is 3.10. The summed E-state index contributed by atoms with van der Waals surface area (Å²) < 4.78 is 0. The molecular weight excluding hydrogens is 186 g/mol. The molecular formula is C12H15N3. The van der Waals surface area contributed by atoms with Crippen molar-refractivity contribution in [3.8, 4) is 6.07 Å². The van der Waals surface area contributed by atoms with Gasteiger partial charge in [-0.1, -0.05) is 12.1 Å². The third-order valence-corrected chi connectivity index (χ3v) is 2.80. The number of hydrogen-bond acceptors (Lipinski definition) is 3. The summed E-state index contributed by atoms with van der Waals surface area (Å²) in [4.78, 5) is 0. The zero-order chi connectivity index (χ0) is 10.7. The lowest BCUT2D eigenvalue weighted by atomic mass is 10.1. The van der Waals surface area contributed by atoms with Gasteiger partial charge in [-0.05, 0) is 30.9 Å². The van der Waals surface area contributed by atoms with Crippen LogP contribution in [0.25, 0.3) is 0 Å². The van der Waals surface area contributed by atoms with E-state index in [1.54, 1.807) is 0 Å². The Balaban J connectivity index is 1.95. The first-order valence-corrected chi connectivity index (χ1v) is 5.30. The Kier molecular flexibility index (Phi) is 2.89. The smallest absolute Gasteiger partial charge is 0.101 e. The highest BCUT2D eigenvalue weighted by atomic mass is 14.9. The van der Waals surface area contributed by atoms with Gasteiger partial charge in [-0.25, -0.2) is 0 Å². The van der Waals surface area contributed by atoms with Crippen molar-refractivity contribution in [2.24, 2.45) is 11.7 Å². The lowest BCUT2D eigenvalue weighted by molar-refractivity contribution is 0.621. The summed E-state index contributed by atoms with van der Waals surface area (Å²) in [6, 6.07) is 9.89. The largest absolute Gasteiger partial charge is 0.382 e. The molecule has 0 heterocycles. The molecule has 1 aliphatic rings. The van der Waals surface area contributed by atoms with Crippen LogP contribution in [-0.4, -0.2) is 12.6 Å². The van der Waals surface area contributed by atoms with Crippen LogP contribution in [0.1, 0.15) is 18.4 Å². The number of nitriles is 1. The number of nitrogens with two attached hydrogens (primary N) is 1. The van der Waals surface area contributed by atoms with Gasteiger partial charge in [0.1, 0.15) is 6.07 Å². The van der Waals surface area contributed by atoms with Gasteiger partial charge in [0, 0.05) is 12.6 Å². The third kappa shape index (κ3) is 2.48. The first kappa shape index (κ1) is 10.0. The number of benzene rings is 1. The Hall–Kier alpha value is -1.53. The predicted octanol–water partition coefficient (Wildman–Crippen LogP) is 1.71. The van der Waals surface area contributed by atoms with E-state index in [9.17, 15) is 0 Å². The summed E-state index contributed by atoms with van der Waals surface area (Å²) in [7, 11) is 0. The number of hydrogen-bond donors (Lipinski definition) is 2. The van der Waals surface area contributed by atoms with Crippen LogP contribution in [0.15, 0.2) is 24.3 Å². The first-order chi connectivity index (χ1) is 7.31. The number of nitrogens with one attached hydrogen (secondary N) is 1. The fraction of sp³-hybridized carbons (Fsp3) is 0.417. The molecule has 1 fully saturated rings. The molecule has 1 saturated carbocycles. The Morgan fingerprint density at radius 1 is 1.47 bits per heavy atom. The van der Waals surface area contributed by atoms with E-state index in [1.807, 2.05) is 24.3 Å². The molecule has 0 amide bonds. The van der Waals surface area contributed by atoms with E-state index in [2.05, 4.69) is 11.4 Å². The fourth-order valence-corrected chi connectivity index (χ4v) is 1.65. The van der Waals surface area contributed by atoms with E-state index in [-0.39, 0.29) is 6.04 Å². The standard InChI is InChI=1S/C12H15N3/c13-7-10-3-1-2-4-12(10)15-8-11(14)9-5-6-9/h1-4,9,11,15H,5-6,8,14H2. The molecule has 1 aromatic rings. The van der Waals surface area contributed by atoms with Gasteiger partial charge in [0.2, 0.25) is 0 Å². The monoisotopic (exact) mass is 201 g/mol. The number of nitrogens with zero attached hydrogens (tertiary/aromatic N) is 1. The zero-order valence-electron chi connectivity index (χ0n) is 8.61. The maximum absolute atomic E-state index is 8.88. The molecule has 0 bridgehead atoms. The minimum absolute atomic E-state index is 0.219. The lowest BCUT2D eigenvalue weighted by Gasteiger charge is -2.13. The molecule has 3 N–H and O–H groups in total. The van der Waals surface area contributed by atoms with Crippen molar-refractivity contribution in [1.29, 1.82) is 5.26 Å². The summed E-state index contributed by atoms with van der Waals surface area (Å²) in [6.07, 6.45) is 2.51. The Labute approximate surface area is 89.9 Å². The van der Waals surface area contributed by atoms with Crippen LogP contribution >= 0.6 is 0 Å². The van der Waals surface area contributed by atoms with Gasteiger partial charge in [-0.15, -0.1) is 0 Å². The zero-order valence-corrected chi connectivity index (χ0v) is 8.61. The van der Waals surface area contributed by atoms with Gasteiger partial charge in [0.25, 0.3) is 0 Å². The summed E-state index contributed by atoms with van der Waals surface area (Å²) in [5.41, 5.74) is 7.54. The van der Waals surface area contributed by atoms with Crippen LogP contribution < -0.4 is 11.1 Å². The normalized spacial score (nSPS) is 16.8. The van der Waals surface area contributed by atoms with E-state index in [0.29, 0.717) is 11.5 Å². The number of anilines is 1. The van der Waals surface area contributed by atoms with Crippen molar-refractivity contribution in [3.05, 3.63) is 29.8 Å². The van der Waals surface area contributed by atoms with E-state index >= 15 is 0 Å². The molecule has 2 rings (SSSR count). The molecule has 1 unspecified atom stereocenters. The molecule has 3 heteroatoms. The van der Waals surface area contributed by atoms with Crippen LogP contribution in [0.5, 0.6) is 0 Å². The molecule has 0 aliphatic heterocycles. The van der Waals surface area contributed by atoms with Crippen LogP contribution in [0, 0.1) is 17.2 Å². The van der Waals surface area contributed by atoms with Crippen molar-refractivity contribution in [2.75, 3.05) is 11.9 Å². The highest BCUT2D eigenvalue weighted by Crippen LogP contribution is 2.31. The van der Waals surface area contributed by atoms with Gasteiger partial charge in [0.05, 0.1) is 11.3 Å². The highest BCUT2D eigenvalue weighted by Gasteiger charge is 2.28. The maximum atomic E-state index is 8.88. The topological polar surface area (TPSA) is 61.8 Å². The van der Waals surface area contributed by atoms with E-state index in [1.165, 1.54) is 12.8 Å². The van der Waals surface area contributed by atoms with Crippen molar-refractivity contribution in [3.63, 3.8) is 0 Å². The fourth-order valence-electron chi connectivity index (χ4n) is 1.65. The highest BCUT2D eigenvalue weighted by molar-refractivity contribution is 5.57. The Morgan fingerprint density at radius 2 is 2.20 bits per heavy atom. The summed E-state index contributed by atoms with van der Waals surface area (Å²) in [5, 5.41) is 12.1. The molecule has 0 saturated heterocycles. The van der Waals surface area contributed by atoms with Gasteiger partial charge in [-0.3, -0.25) is 0 Å². The van der Waals surface area contributed by atoms with Gasteiger partial charge >= 0.3 is 0 Å². The van der Waals surface area contributed by atoms with Crippen LogP contribution in [0.2, 0.25) is 0 Å². The minimum atomic E-state index is 0.219.